The number of aryl methyl sites for hydroxylation is 1. The van der Waals surface area contributed by atoms with Gasteiger partial charge in [-0.05, 0) is 13.0 Å². The summed E-state index contributed by atoms with van der Waals surface area (Å²) >= 11 is 0. The van der Waals surface area contributed by atoms with Crippen molar-refractivity contribution < 1.29 is 14.3 Å². The highest BCUT2D eigenvalue weighted by Gasteiger charge is 2.17. The summed E-state index contributed by atoms with van der Waals surface area (Å²) in [6.07, 6.45) is 0. The number of aromatic carboxylic acids is 1. The Bertz CT molecular complexity index is 566. The van der Waals surface area contributed by atoms with E-state index < -0.39 is 11.8 Å². The monoisotopic (exact) mass is 235 g/mol. The molecule has 0 amide bonds. The Labute approximate surface area is 96.5 Å². The molecule has 0 aliphatic rings. The summed E-state index contributed by atoms with van der Waals surface area (Å²) in [5, 5.41) is 16.4. The lowest BCUT2D eigenvalue weighted by molar-refractivity contribution is 0.0683. The summed E-state index contributed by atoms with van der Waals surface area (Å²) in [7, 11) is 0. The van der Waals surface area contributed by atoms with Crippen molar-refractivity contribution >= 4 is 5.97 Å². The van der Waals surface area contributed by atoms with E-state index in [2.05, 4.69) is 10.3 Å². The number of hydrogen-bond acceptors (Lipinski definition) is 3. The fourth-order valence-corrected chi connectivity index (χ4v) is 1.56. The molecule has 1 aromatic heterocycles. The first-order chi connectivity index (χ1) is 8.09. The molecular weight excluding hydrogens is 225 g/mol. The van der Waals surface area contributed by atoms with Crippen LogP contribution >= 0.6 is 0 Å². The summed E-state index contributed by atoms with van der Waals surface area (Å²) in [5.74, 6) is -1.51. The molecule has 0 spiro atoms. The zero-order valence-corrected chi connectivity index (χ0v) is 9.09. The first kappa shape index (κ1) is 11.3. The Balaban J connectivity index is 2.37. The fourth-order valence-electron chi connectivity index (χ4n) is 1.56. The lowest BCUT2D eigenvalue weighted by atomic mass is 10.2. The van der Waals surface area contributed by atoms with E-state index in [0.717, 1.165) is 0 Å². The fraction of sp³-hybridized carbons (Fsp3) is 0.182. The largest absolute Gasteiger partial charge is 0.476 e. The van der Waals surface area contributed by atoms with Gasteiger partial charge in [0.05, 0.1) is 12.2 Å². The second-order valence-electron chi connectivity index (χ2n) is 3.58. The van der Waals surface area contributed by atoms with Crippen molar-refractivity contribution in [1.29, 1.82) is 0 Å². The van der Waals surface area contributed by atoms with Crippen LogP contribution in [-0.2, 0) is 6.54 Å². The van der Waals surface area contributed by atoms with Gasteiger partial charge in [0.1, 0.15) is 5.82 Å². The second kappa shape index (κ2) is 4.32. The zero-order chi connectivity index (χ0) is 12.4. The van der Waals surface area contributed by atoms with E-state index in [1.807, 2.05) is 0 Å². The minimum absolute atomic E-state index is 0.0201. The quantitative estimate of drug-likeness (QED) is 0.874. The van der Waals surface area contributed by atoms with Gasteiger partial charge in [0, 0.05) is 5.56 Å². The van der Waals surface area contributed by atoms with Crippen molar-refractivity contribution in [1.82, 2.24) is 15.0 Å². The molecule has 2 aromatic rings. The summed E-state index contributed by atoms with van der Waals surface area (Å²) < 4.78 is 14.6. The number of carboxylic acids is 1. The van der Waals surface area contributed by atoms with Crippen LogP contribution in [0.1, 0.15) is 21.7 Å². The molecule has 5 nitrogen and oxygen atoms in total. The highest BCUT2D eigenvalue weighted by Crippen LogP contribution is 2.11. The molecule has 0 radical (unpaired) electrons. The van der Waals surface area contributed by atoms with E-state index in [1.165, 1.54) is 10.7 Å². The maximum atomic E-state index is 13.4. The number of carbonyl (C=O) groups is 1. The molecule has 0 bridgehead atoms. The second-order valence-corrected chi connectivity index (χ2v) is 3.58. The van der Waals surface area contributed by atoms with Crippen LogP contribution in [0.2, 0.25) is 0 Å². The number of nitrogens with zero attached hydrogens (tertiary/aromatic N) is 3. The van der Waals surface area contributed by atoms with Crippen molar-refractivity contribution in [3.63, 3.8) is 0 Å². The van der Waals surface area contributed by atoms with E-state index in [0.29, 0.717) is 11.3 Å². The van der Waals surface area contributed by atoms with Crippen LogP contribution in [0.25, 0.3) is 0 Å². The molecular formula is C11H10FN3O2. The normalized spacial score (nSPS) is 10.5. The molecule has 0 aliphatic carbocycles. The average Bonchev–Trinajstić information content (AvgIpc) is 2.63. The van der Waals surface area contributed by atoms with Crippen LogP contribution < -0.4 is 0 Å². The van der Waals surface area contributed by atoms with E-state index in [4.69, 9.17) is 5.11 Å². The zero-order valence-electron chi connectivity index (χ0n) is 9.09. The van der Waals surface area contributed by atoms with E-state index in [9.17, 15) is 9.18 Å². The molecule has 6 heteroatoms. The van der Waals surface area contributed by atoms with Crippen molar-refractivity contribution in [3.8, 4) is 0 Å². The van der Waals surface area contributed by atoms with Gasteiger partial charge in [0.15, 0.2) is 5.69 Å². The number of rotatable bonds is 3. The molecule has 1 N–H and O–H groups in total. The van der Waals surface area contributed by atoms with Gasteiger partial charge >= 0.3 is 5.97 Å². The molecule has 2 rings (SSSR count). The molecule has 1 heterocycles. The third kappa shape index (κ3) is 2.15. The molecule has 1 aromatic carbocycles. The SMILES string of the molecule is Cc1nnn(Cc2ccccc2F)c1C(=O)O. The lowest BCUT2D eigenvalue weighted by Gasteiger charge is -2.04. The minimum Gasteiger partial charge on any atom is -0.476 e. The van der Waals surface area contributed by atoms with Gasteiger partial charge in [-0.2, -0.15) is 0 Å². The van der Waals surface area contributed by atoms with Crippen LogP contribution in [0, 0.1) is 12.7 Å². The first-order valence-corrected chi connectivity index (χ1v) is 4.96. The minimum atomic E-state index is -1.12. The molecule has 0 saturated heterocycles. The highest BCUT2D eigenvalue weighted by molar-refractivity contribution is 5.86. The van der Waals surface area contributed by atoms with Crippen molar-refractivity contribution in [2.75, 3.05) is 0 Å². The molecule has 17 heavy (non-hydrogen) atoms. The smallest absolute Gasteiger partial charge is 0.356 e. The van der Waals surface area contributed by atoms with Gasteiger partial charge in [-0.15, -0.1) is 5.10 Å². The maximum absolute atomic E-state index is 13.4. The van der Waals surface area contributed by atoms with Crippen molar-refractivity contribution in [2.24, 2.45) is 0 Å². The van der Waals surface area contributed by atoms with Crippen LogP contribution in [0.15, 0.2) is 24.3 Å². The Morgan fingerprint density at radius 3 is 2.82 bits per heavy atom. The molecule has 0 unspecified atom stereocenters. The van der Waals surface area contributed by atoms with Gasteiger partial charge in [0.2, 0.25) is 0 Å². The topological polar surface area (TPSA) is 68.0 Å². The third-order valence-electron chi connectivity index (χ3n) is 2.38. The Kier molecular flexibility index (Phi) is 2.86. The van der Waals surface area contributed by atoms with Gasteiger partial charge in [-0.25, -0.2) is 13.9 Å². The van der Waals surface area contributed by atoms with Gasteiger partial charge < -0.3 is 5.11 Å². The van der Waals surface area contributed by atoms with Gasteiger partial charge in [-0.1, -0.05) is 23.4 Å². The average molecular weight is 235 g/mol. The number of carboxylic acid groups (broad SMARTS) is 1. The first-order valence-electron chi connectivity index (χ1n) is 4.96. The predicted octanol–water partition coefficient (Wildman–Crippen LogP) is 1.47. The maximum Gasteiger partial charge on any atom is 0.356 e. The molecule has 0 fully saturated rings. The van der Waals surface area contributed by atoms with Crippen LogP contribution in [0.5, 0.6) is 0 Å². The Morgan fingerprint density at radius 2 is 2.18 bits per heavy atom. The molecule has 0 atom stereocenters. The Morgan fingerprint density at radius 1 is 1.47 bits per heavy atom. The van der Waals surface area contributed by atoms with Crippen molar-refractivity contribution in [3.05, 3.63) is 47.0 Å². The van der Waals surface area contributed by atoms with Crippen LogP contribution in [-0.4, -0.2) is 26.1 Å². The van der Waals surface area contributed by atoms with E-state index in [-0.39, 0.29) is 12.2 Å². The molecule has 0 aliphatic heterocycles. The summed E-state index contributed by atoms with van der Waals surface area (Å²) in [6, 6.07) is 6.16. The predicted molar refractivity (Wildman–Crippen MR) is 57.2 cm³/mol. The van der Waals surface area contributed by atoms with E-state index >= 15 is 0 Å². The molecule has 88 valence electrons. The van der Waals surface area contributed by atoms with E-state index in [1.54, 1.807) is 25.1 Å². The van der Waals surface area contributed by atoms with Crippen LogP contribution in [0.3, 0.4) is 0 Å². The van der Waals surface area contributed by atoms with Gasteiger partial charge in [-0.3, -0.25) is 0 Å². The molecule has 0 saturated carbocycles. The number of halogens is 1. The van der Waals surface area contributed by atoms with Crippen molar-refractivity contribution in [2.45, 2.75) is 13.5 Å². The van der Waals surface area contributed by atoms with Crippen LogP contribution in [0.4, 0.5) is 4.39 Å². The highest BCUT2D eigenvalue weighted by atomic mass is 19.1. The standard InChI is InChI=1S/C11H10FN3O2/c1-7-10(11(16)17)15(14-13-7)6-8-4-2-3-5-9(8)12/h2-5H,6H2,1H3,(H,16,17). The third-order valence-corrected chi connectivity index (χ3v) is 2.38. The summed E-state index contributed by atoms with van der Waals surface area (Å²) in [5.41, 5.74) is 0.669. The summed E-state index contributed by atoms with van der Waals surface area (Å²) in [6.45, 7) is 1.60. The lowest BCUT2D eigenvalue weighted by Crippen LogP contribution is -2.12. The number of hydrogen-bond donors (Lipinski definition) is 1. The number of benzene rings is 1. The summed E-state index contributed by atoms with van der Waals surface area (Å²) in [4.78, 5) is 11.0. The Hall–Kier alpha value is -2.24. The van der Waals surface area contributed by atoms with Gasteiger partial charge in [0.25, 0.3) is 0 Å². The number of aromatic nitrogens is 3.